The highest BCUT2D eigenvalue weighted by Gasteiger charge is 2.36. The minimum atomic E-state index is -0.513. The van der Waals surface area contributed by atoms with E-state index in [1.807, 2.05) is 31.2 Å². The number of amides is 2. The fourth-order valence-electron chi connectivity index (χ4n) is 3.50. The third-order valence-corrected chi connectivity index (χ3v) is 5.10. The van der Waals surface area contributed by atoms with Crippen molar-refractivity contribution in [3.05, 3.63) is 29.8 Å². The van der Waals surface area contributed by atoms with Crippen LogP contribution in [-0.4, -0.2) is 48.9 Å². The Balaban J connectivity index is 1.51. The maximum atomic E-state index is 12.3. The largest absolute Gasteiger partial charge is 0.455 e. The van der Waals surface area contributed by atoms with Crippen LogP contribution in [0, 0.1) is 12.8 Å². The van der Waals surface area contributed by atoms with Crippen molar-refractivity contribution >= 4 is 23.5 Å². The fraction of sp³-hybridized carbons (Fsp3) is 0.550. The quantitative estimate of drug-likeness (QED) is 0.775. The molecule has 2 aliphatic heterocycles. The Morgan fingerprint density at radius 2 is 1.73 bits per heavy atom. The van der Waals surface area contributed by atoms with Gasteiger partial charge in [-0.3, -0.25) is 14.4 Å². The number of anilines is 1. The number of aryl methyl sites for hydroxylation is 1. The van der Waals surface area contributed by atoms with E-state index in [2.05, 4.69) is 0 Å². The number of hydrogen-bond donors (Lipinski definition) is 0. The van der Waals surface area contributed by atoms with E-state index in [9.17, 15) is 14.4 Å². The molecule has 0 aromatic heterocycles. The fourth-order valence-corrected chi connectivity index (χ4v) is 3.50. The first-order chi connectivity index (χ1) is 12.5. The molecule has 1 atom stereocenters. The highest BCUT2D eigenvalue weighted by molar-refractivity contribution is 5.99. The van der Waals surface area contributed by atoms with E-state index >= 15 is 0 Å². The number of carbonyl (C=O) groups is 3. The topological polar surface area (TPSA) is 66.9 Å². The molecule has 0 spiro atoms. The van der Waals surface area contributed by atoms with Gasteiger partial charge in [0.25, 0.3) is 5.91 Å². The first kappa shape index (κ1) is 18.4. The first-order valence-electron chi connectivity index (χ1n) is 9.36. The van der Waals surface area contributed by atoms with Gasteiger partial charge in [0, 0.05) is 31.7 Å². The van der Waals surface area contributed by atoms with Gasteiger partial charge in [-0.15, -0.1) is 0 Å². The summed E-state index contributed by atoms with van der Waals surface area (Å²) in [5, 5.41) is 0. The summed E-state index contributed by atoms with van der Waals surface area (Å²) < 4.78 is 5.22. The summed E-state index contributed by atoms with van der Waals surface area (Å²) in [4.78, 5) is 40.2. The zero-order chi connectivity index (χ0) is 18.5. The number of nitrogens with zero attached hydrogens (tertiary/aromatic N) is 2. The standard InChI is InChI=1S/C20H26N2O4/c1-15-6-8-17(9-7-15)22-13-16(12-18(22)23)20(25)26-14-19(24)21-10-4-2-3-5-11-21/h6-9,16H,2-5,10-14H2,1H3. The van der Waals surface area contributed by atoms with Crippen LogP contribution in [0.25, 0.3) is 0 Å². The summed E-state index contributed by atoms with van der Waals surface area (Å²) in [6.45, 7) is 3.53. The molecule has 26 heavy (non-hydrogen) atoms. The lowest BCUT2D eigenvalue weighted by Crippen LogP contribution is -2.36. The van der Waals surface area contributed by atoms with Crippen molar-refractivity contribution in [3.63, 3.8) is 0 Å². The Hall–Kier alpha value is -2.37. The lowest BCUT2D eigenvalue weighted by molar-refractivity contribution is -0.155. The molecule has 140 valence electrons. The highest BCUT2D eigenvalue weighted by atomic mass is 16.5. The van der Waals surface area contributed by atoms with Gasteiger partial charge in [-0.25, -0.2) is 0 Å². The third kappa shape index (κ3) is 4.42. The molecule has 2 fully saturated rings. The minimum Gasteiger partial charge on any atom is -0.455 e. The van der Waals surface area contributed by atoms with Gasteiger partial charge in [0.15, 0.2) is 6.61 Å². The summed E-state index contributed by atoms with van der Waals surface area (Å²) in [6, 6.07) is 7.63. The first-order valence-corrected chi connectivity index (χ1v) is 9.36. The monoisotopic (exact) mass is 358 g/mol. The lowest BCUT2D eigenvalue weighted by Gasteiger charge is -2.20. The molecule has 2 saturated heterocycles. The van der Waals surface area contributed by atoms with Crippen molar-refractivity contribution < 1.29 is 19.1 Å². The normalized spacial score (nSPS) is 20.8. The number of carbonyl (C=O) groups excluding carboxylic acids is 3. The maximum Gasteiger partial charge on any atom is 0.311 e. The highest BCUT2D eigenvalue weighted by Crippen LogP contribution is 2.26. The summed E-state index contributed by atoms with van der Waals surface area (Å²) in [5.74, 6) is -1.20. The van der Waals surface area contributed by atoms with E-state index in [0.29, 0.717) is 6.54 Å². The van der Waals surface area contributed by atoms with Crippen molar-refractivity contribution in [2.24, 2.45) is 5.92 Å². The van der Waals surface area contributed by atoms with Gasteiger partial charge >= 0.3 is 5.97 Å². The number of esters is 1. The second-order valence-electron chi connectivity index (χ2n) is 7.14. The predicted molar refractivity (Wildman–Crippen MR) is 97.6 cm³/mol. The van der Waals surface area contributed by atoms with Crippen molar-refractivity contribution in [2.45, 2.75) is 39.0 Å². The summed E-state index contributed by atoms with van der Waals surface area (Å²) >= 11 is 0. The predicted octanol–water partition coefficient (Wildman–Crippen LogP) is 2.29. The Morgan fingerprint density at radius 1 is 1.08 bits per heavy atom. The van der Waals surface area contributed by atoms with Crippen molar-refractivity contribution in [3.8, 4) is 0 Å². The van der Waals surface area contributed by atoms with E-state index in [-0.39, 0.29) is 24.8 Å². The molecule has 2 amide bonds. The van der Waals surface area contributed by atoms with Crippen LogP contribution in [0.3, 0.4) is 0 Å². The average molecular weight is 358 g/mol. The van der Waals surface area contributed by atoms with Gasteiger partial charge in [0.05, 0.1) is 5.92 Å². The molecule has 6 nitrogen and oxygen atoms in total. The van der Waals surface area contributed by atoms with Crippen LogP contribution in [-0.2, 0) is 19.1 Å². The van der Waals surface area contributed by atoms with E-state index in [0.717, 1.165) is 50.0 Å². The second-order valence-corrected chi connectivity index (χ2v) is 7.14. The molecular formula is C20H26N2O4. The molecule has 3 rings (SSSR count). The molecule has 0 aliphatic carbocycles. The van der Waals surface area contributed by atoms with Crippen LogP contribution in [0.1, 0.15) is 37.7 Å². The number of ether oxygens (including phenoxy) is 1. The van der Waals surface area contributed by atoms with Gasteiger partial charge < -0.3 is 14.5 Å². The molecule has 0 bridgehead atoms. The number of benzene rings is 1. The molecule has 2 aliphatic rings. The van der Waals surface area contributed by atoms with E-state index in [1.165, 1.54) is 0 Å². The van der Waals surface area contributed by atoms with Gasteiger partial charge in [0.2, 0.25) is 5.91 Å². The lowest BCUT2D eigenvalue weighted by atomic mass is 10.1. The van der Waals surface area contributed by atoms with Gasteiger partial charge in [-0.05, 0) is 31.9 Å². The van der Waals surface area contributed by atoms with Crippen LogP contribution in [0.2, 0.25) is 0 Å². The second kappa shape index (κ2) is 8.34. The molecule has 6 heteroatoms. The third-order valence-electron chi connectivity index (χ3n) is 5.10. The van der Waals surface area contributed by atoms with Gasteiger partial charge in [-0.1, -0.05) is 30.5 Å². The van der Waals surface area contributed by atoms with Gasteiger partial charge in [0.1, 0.15) is 0 Å². The molecule has 1 aromatic rings. The number of rotatable bonds is 4. The van der Waals surface area contributed by atoms with Crippen LogP contribution in [0.4, 0.5) is 5.69 Å². The van der Waals surface area contributed by atoms with Crippen LogP contribution < -0.4 is 4.90 Å². The average Bonchev–Trinajstić information content (AvgIpc) is 2.85. The molecule has 0 N–H and O–H groups in total. The molecule has 1 aromatic carbocycles. The van der Waals surface area contributed by atoms with E-state index < -0.39 is 11.9 Å². The van der Waals surface area contributed by atoms with Gasteiger partial charge in [-0.2, -0.15) is 0 Å². The van der Waals surface area contributed by atoms with Crippen LogP contribution >= 0.6 is 0 Å². The Morgan fingerprint density at radius 3 is 2.38 bits per heavy atom. The Labute approximate surface area is 154 Å². The van der Waals surface area contributed by atoms with Crippen LogP contribution in [0.15, 0.2) is 24.3 Å². The SMILES string of the molecule is Cc1ccc(N2CC(C(=O)OCC(=O)N3CCCCCC3)CC2=O)cc1. The van der Waals surface area contributed by atoms with Crippen molar-refractivity contribution in [1.29, 1.82) is 0 Å². The molecular weight excluding hydrogens is 332 g/mol. The zero-order valence-electron chi connectivity index (χ0n) is 15.3. The summed E-state index contributed by atoms with van der Waals surface area (Å²) in [5.41, 5.74) is 1.90. The van der Waals surface area contributed by atoms with E-state index in [4.69, 9.17) is 4.74 Å². The number of hydrogen-bond acceptors (Lipinski definition) is 4. The summed E-state index contributed by atoms with van der Waals surface area (Å²) in [7, 11) is 0. The number of likely N-dealkylation sites (tertiary alicyclic amines) is 1. The summed E-state index contributed by atoms with van der Waals surface area (Å²) in [6.07, 6.45) is 4.42. The minimum absolute atomic E-state index is 0.0883. The Kier molecular flexibility index (Phi) is 5.91. The van der Waals surface area contributed by atoms with Crippen molar-refractivity contribution in [2.75, 3.05) is 31.1 Å². The van der Waals surface area contributed by atoms with Crippen molar-refractivity contribution in [1.82, 2.24) is 4.90 Å². The maximum absolute atomic E-state index is 12.3. The molecule has 2 heterocycles. The van der Waals surface area contributed by atoms with E-state index in [1.54, 1.807) is 9.80 Å². The smallest absolute Gasteiger partial charge is 0.311 e. The molecule has 0 saturated carbocycles. The Bertz CT molecular complexity index is 663. The zero-order valence-corrected chi connectivity index (χ0v) is 15.3. The molecule has 0 radical (unpaired) electrons. The van der Waals surface area contributed by atoms with Crippen LogP contribution in [0.5, 0.6) is 0 Å². The molecule has 1 unspecified atom stereocenters.